The molecule has 0 radical (unpaired) electrons. The molecule has 0 aromatic heterocycles. The largest absolute Gasteiger partial charge is 0.497 e. The summed E-state index contributed by atoms with van der Waals surface area (Å²) in [7, 11) is 3.27. The van der Waals surface area contributed by atoms with Crippen LogP contribution in [0.1, 0.15) is 42.9 Å². The van der Waals surface area contributed by atoms with Gasteiger partial charge >= 0.3 is 0 Å². The molecule has 1 amide bonds. The van der Waals surface area contributed by atoms with Gasteiger partial charge < -0.3 is 9.47 Å². The van der Waals surface area contributed by atoms with E-state index >= 15 is 0 Å². The van der Waals surface area contributed by atoms with Gasteiger partial charge in [-0.15, -0.1) is 0 Å². The van der Waals surface area contributed by atoms with Gasteiger partial charge in [0.1, 0.15) is 11.5 Å². The molecule has 1 fully saturated rings. The summed E-state index contributed by atoms with van der Waals surface area (Å²) in [6, 6.07) is 13.0. The summed E-state index contributed by atoms with van der Waals surface area (Å²) in [6.07, 6.45) is 4.05. The Morgan fingerprint density at radius 3 is 2.58 bits per heavy atom. The van der Waals surface area contributed by atoms with Crippen molar-refractivity contribution in [3.8, 4) is 11.5 Å². The average molecular weight is 442 g/mol. The number of likely N-dealkylation sites (tertiary alicyclic amines) is 1. The number of benzene rings is 2. The zero-order chi connectivity index (χ0) is 21.8. The Hall–Kier alpha value is -2.57. The van der Waals surface area contributed by atoms with Gasteiger partial charge in [-0.25, -0.2) is 5.01 Å². The summed E-state index contributed by atoms with van der Waals surface area (Å²) in [5, 5.41) is 7.01. The standard InChI is InChI=1S/C24H28ClN3O3/c1-30-17-10-11-23(31-2)19(14-17)22-15-21(18-8-4-5-9-20(18)25)26-28(22)24(29)16-27-12-6-3-7-13-27/h4-5,8-11,14,22H,3,6-7,12-13,15-16H2,1-2H3/t22-/m1/s1. The molecule has 0 unspecified atom stereocenters. The van der Waals surface area contributed by atoms with E-state index in [2.05, 4.69) is 4.90 Å². The number of nitrogens with zero attached hydrogens (tertiary/aromatic N) is 3. The lowest BCUT2D eigenvalue weighted by molar-refractivity contribution is -0.134. The number of hydrogen-bond acceptors (Lipinski definition) is 5. The summed E-state index contributed by atoms with van der Waals surface area (Å²) in [5.41, 5.74) is 2.52. The van der Waals surface area contributed by atoms with Gasteiger partial charge in [0, 0.05) is 22.6 Å². The molecule has 4 rings (SSSR count). The van der Waals surface area contributed by atoms with E-state index in [0.717, 1.165) is 42.8 Å². The number of rotatable bonds is 6. The predicted molar refractivity (Wildman–Crippen MR) is 122 cm³/mol. The number of amides is 1. The Labute approximate surface area is 188 Å². The van der Waals surface area contributed by atoms with E-state index in [0.29, 0.717) is 29.5 Å². The van der Waals surface area contributed by atoms with Crippen LogP contribution in [0.5, 0.6) is 11.5 Å². The molecule has 2 aliphatic rings. The molecule has 31 heavy (non-hydrogen) atoms. The van der Waals surface area contributed by atoms with Crippen molar-refractivity contribution < 1.29 is 14.3 Å². The highest BCUT2D eigenvalue weighted by atomic mass is 35.5. The van der Waals surface area contributed by atoms with Gasteiger partial charge in [0.15, 0.2) is 0 Å². The van der Waals surface area contributed by atoms with E-state index < -0.39 is 0 Å². The van der Waals surface area contributed by atoms with Gasteiger partial charge in [0.2, 0.25) is 0 Å². The van der Waals surface area contributed by atoms with E-state index in [-0.39, 0.29) is 11.9 Å². The first kappa shape index (κ1) is 21.7. The lowest BCUT2D eigenvalue weighted by atomic mass is 9.97. The lowest BCUT2D eigenvalue weighted by Crippen LogP contribution is -2.40. The molecule has 7 heteroatoms. The van der Waals surface area contributed by atoms with Crippen LogP contribution in [0.25, 0.3) is 0 Å². The third-order valence-corrected chi connectivity index (χ3v) is 6.28. The van der Waals surface area contributed by atoms with E-state index in [4.69, 9.17) is 26.2 Å². The summed E-state index contributed by atoms with van der Waals surface area (Å²) < 4.78 is 11.1. The smallest absolute Gasteiger partial charge is 0.257 e. The van der Waals surface area contributed by atoms with Gasteiger partial charge in [-0.1, -0.05) is 36.2 Å². The molecule has 0 bridgehead atoms. The highest BCUT2D eigenvalue weighted by Crippen LogP contribution is 2.40. The Balaban J connectivity index is 1.69. The van der Waals surface area contributed by atoms with Gasteiger partial charge in [0.05, 0.1) is 32.5 Å². The Morgan fingerprint density at radius 2 is 1.87 bits per heavy atom. The first-order valence-corrected chi connectivity index (χ1v) is 11.1. The average Bonchev–Trinajstić information content (AvgIpc) is 3.25. The molecule has 2 aliphatic heterocycles. The van der Waals surface area contributed by atoms with Crippen LogP contribution in [-0.4, -0.2) is 55.4 Å². The van der Waals surface area contributed by atoms with Crippen LogP contribution in [-0.2, 0) is 4.79 Å². The summed E-state index contributed by atoms with van der Waals surface area (Å²) in [5.74, 6) is 1.40. The lowest BCUT2D eigenvalue weighted by Gasteiger charge is -2.29. The Bertz CT molecular complexity index is 972. The van der Waals surface area contributed by atoms with Crippen LogP contribution in [0, 0.1) is 0 Å². The van der Waals surface area contributed by atoms with Crippen molar-refractivity contribution in [2.45, 2.75) is 31.7 Å². The summed E-state index contributed by atoms with van der Waals surface area (Å²) in [4.78, 5) is 15.6. The van der Waals surface area contributed by atoms with Crippen molar-refractivity contribution in [3.05, 3.63) is 58.6 Å². The third kappa shape index (κ3) is 4.70. The van der Waals surface area contributed by atoms with Crippen LogP contribution < -0.4 is 9.47 Å². The number of carbonyl (C=O) groups excluding carboxylic acids is 1. The molecule has 6 nitrogen and oxygen atoms in total. The minimum absolute atomic E-state index is 0.0150. The van der Waals surface area contributed by atoms with E-state index in [1.807, 2.05) is 42.5 Å². The zero-order valence-corrected chi connectivity index (χ0v) is 18.8. The molecule has 1 atom stereocenters. The number of methoxy groups -OCH3 is 2. The third-order valence-electron chi connectivity index (χ3n) is 5.95. The molecular formula is C24H28ClN3O3. The van der Waals surface area contributed by atoms with Crippen molar-refractivity contribution in [2.75, 3.05) is 33.9 Å². The molecule has 2 heterocycles. The predicted octanol–water partition coefficient (Wildman–Crippen LogP) is 4.52. The molecular weight excluding hydrogens is 414 g/mol. The van der Waals surface area contributed by atoms with Crippen molar-refractivity contribution in [2.24, 2.45) is 5.10 Å². The highest BCUT2D eigenvalue weighted by molar-refractivity contribution is 6.34. The van der Waals surface area contributed by atoms with Crippen molar-refractivity contribution >= 4 is 23.2 Å². The van der Waals surface area contributed by atoms with Crippen molar-refractivity contribution in [1.29, 1.82) is 0 Å². The minimum atomic E-state index is -0.284. The number of hydrogen-bond donors (Lipinski definition) is 0. The topological polar surface area (TPSA) is 54.4 Å². The fraction of sp³-hybridized carbons (Fsp3) is 0.417. The number of carbonyl (C=O) groups is 1. The van der Waals surface area contributed by atoms with Crippen LogP contribution in [0.4, 0.5) is 0 Å². The minimum Gasteiger partial charge on any atom is -0.497 e. The van der Waals surface area contributed by atoms with E-state index in [1.165, 1.54) is 6.42 Å². The van der Waals surface area contributed by atoms with Gasteiger partial charge in [0.25, 0.3) is 5.91 Å². The number of piperidine rings is 1. The normalized spacial score (nSPS) is 19.3. The molecule has 164 valence electrons. The maximum Gasteiger partial charge on any atom is 0.257 e. The van der Waals surface area contributed by atoms with Crippen LogP contribution in [0.2, 0.25) is 5.02 Å². The second kappa shape index (κ2) is 9.71. The highest BCUT2D eigenvalue weighted by Gasteiger charge is 2.36. The molecule has 2 aromatic carbocycles. The van der Waals surface area contributed by atoms with Gasteiger partial charge in [-0.05, 0) is 50.2 Å². The quantitative estimate of drug-likeness (QED) is 0.661. The van der Waals surface area contributed by atoms with Gasteiger partial charge in [-0.2, -0.15) is 5.10 Å². The fourth-order valence-corrected chi connectivity index (χ4v) is 4.57. The van der Waals surface area contributed by atoms with Crippen molar-refractivity contribution in [3.63, 3.8) is 0 Å². The summed E-state index contributed by atoms with van der Waals surface area (Å²) in [6.45, 7) is 2.27. The van der Waals surface area contributed by atoms with Crippen LogP contribution >= 0.6 is 11.6 Å². The molecule has 0 N–H and O–H groups in total. The number of hydrazone groups is 1. The molecule has 0 spiro atoms. The molecule has 1 saturated heterocycles. The second-order valence-corrected chi connectivity index (χ2v) is 8.34. The van der Waals surface area contributed by atoms with E-state index in [1.54, 1.807) is 19.2 Å². The van der Waals surface area contributed by atoms with Crippen LogP contribution in [0.3, 0.4) is 0 Å². The molecule has 2 aromatic rings. The SMILES string of the molecule is COc1ccc(OC)c([C@H]2CC(c3ccccc3Cl)=NN2C(=O)CN2CCCCC2)c1. The first-order chi connectivity index (χ1) is 15.1. The Kier molecular flexibility index (Phi) is 6.78. The zero-order valence-electron chi connectivity index (χ0n) is 18.0. The van der Waals surface area contributed by atoms with Crippen LogP contribution in [0.15, 0.2) is 47.6 Å². The molecule has 0 saturated carbocycles. The fourth-order valence-electron chi connectivity index (χ4n) is 4.32. The number of halogens is 1. The first-order valence-electron chi connectivity index (χ1n) is 10.7. The Morgan fingerprint density at radius 1 is 1.10 bits per heavy atom. The monoisotopic (exact) mass is 441 g/mol. The number of ether oxygens (including phenoxy) is 2. The molecule has 0 aliphatic carbocycles. The van der Waals surface area contributed by atoms with Gasteiger partial charge in [-0.3, -0.25) is 9.69 Å². The maximum atomic E-state index is 13.4. The van der Waals surface area contributed by atoms with Crippen molar-refractivity contribution in [1.82, 2.24) is 9.91 Å². The summed E-state index contributed by atoms with van der Waals surface area (Å²) >= 11 is 6.45. The second-order valence-electron chi connectivity index (χ2n) is 7.93. The van der Waals surface area contributed by atoms with E-state index in [9.17, 15) is 4.79 Å². The maximum absolute atomic E-state index is 13.4.